The Balaban J connectivity index is 2.67. The maximum absolute atomic E-state index is 11.8. The molecule has 1 aromatic rings. The quantitative estimate of drug-likeness (QED) is 0.794. The van der Waals surface area contributed by atoms with Crippen LogP contribution in [0.3, 0.4) is 0 Å². The van der Waals surface area contributed by atoms with Crippen molar-refractivity contribution in [2.45, 2.75) is 19.9 Å². The first-order chi connectivity index (χ1) is 7.06. The minimum absolute atomic E-state index is 0.00549. The molecule has 1 heterocycles. The van der Waals surface area contributed by atoms with Gasteiger partial charge in [-0.15, -0.1) is 11.6 Å². The smallest absolute Gasteiger partial charge is 0.269 e. The molecule has 15 heavy (non-hydrogen) atoms. The van der Waals surface area contributed by atoms with Crippen molar-refractivity contribution in [3.05, 3.63) is 18.2 Å². The highest BCUT2D eigenvalue weighted by atomic mass is 35.5. The zero-order chi connectivity index (χ0) is 11.4. The number of nitrogens with one attached hydrogen (secondary N) is 1. The lowest BCUT2D eigenvalue weighted by Gasteiger charge is -2.19. The van der Waals surface area contributed by atoms with Crippen LogP contribution in [0.2, 0.25) is 0 Å². The number of halogens is 1. The summed E-state index contributed by atoms with van der Waals surface area (Å²) in [6.45, 7) is 4.05. The minimum atomic E-state index is -0.130. The average Bonchev–Trinajstić information content (AvgIpc) is 2.60. The van der Waals surface area contributed by atoms with Gasteiger partial charge in [-0.3, -0.25) is 4.79 Å². The van der Waals surface area contributed by atoms with Gasteiger partial charge in [0.2, 0.25) is 0 Å². The van der Waals surface area contributed by atoms with E-state index in [0.29, 0.717) is 17.5 Å². The summed E-state index contributed by atoms with van der Waals surface area (Å²) in [6.07, 6.45) is 3.14. The molecule has 0 saturated carbocycles. The summed E-state index contributed by atoms with van der Waals surface area (Å²) in [4.78, 5) is 15.7. The Hall–Kier alpha value is -1.03. The Bertz CT molecular complexity index is 335. The SMILES string of the molecule is CC(C)C(CCl)NC(=O)c1cncn1C. The van der Waals surface area contributed by atoms with Gasteiger partial charge in [0, 0.05) is 19.0 Å². The molecule has 1 N–H and O–H groups in total. The predicted octanol–water partition coefficient (Wildman–Crippen LogP) is 1.41. The Morgan fingerprint density at radius 2 is 2.33 bits per heavy atom. The van der Waals surface area contributed by atoms with Crippen molar-refractivity contribution >= 4 is 17.5 Å². The second-order valence-corrected chi connectivity index (χ2v) is 4.18. The summed E-state index contributed by atoms with van der Waals surface area (Å²) in [6, 6.07) is -0.00549. The summed E-state index contributed by atoms with van der Waals surface area (Å²) < 4.78 is 1.68. The zero-order valence-corrected chi connectivity index (χ0v) is 9.95. The van der Waals surface area contributed by atoms with Crippen LogP contribution >= 0.6 is 11.6 Å². The first kappa shape index (κ1) is 12.0. The van der Waals surface area contributed by atoms with E-state index in [-0.39, 0.29) is 11.9 Å². The number of carbonyl (C=O) groups is 1. The second-order valence-electron chi connectivity index (χ2n) is 3.87. The van der Waals surface area contributed by atoms with Gasteiger partial charge in [0.25, 0.3) is 5.91 Å². The van der Waals surface area contributed by atoms with Crippen molar-refractivity contribution in [2.24, 2.45) is 13.0 Å². The van der Waals surface area contributed by atoms with E-state index in [0.717, 1.165) is 0 Å². The molecule has 84 valence electrons. The molecule has 0 aliphatic heterocycles. The number of hydrogen-bond donors (Lipinski definition) is 1. The highest BCUT2D eigenvalue weighted by Crippen LogP contribution is 2.05. The van der Waals surface area contributed by atoms with E-state index in [4.69, 9.17) is 11.6 Å². The van der Waals surface area contributed by atoms with E-state index in [2.05, 4.69) is 10.3 Å². The molecule has 1 atom stereocenters. The summed E-state index contributed by atoms with van der Waals surface area (Å²) in [5.41, 5.74) is 0.547. The number of nitrogens with zero attached hydrogens (tertiary/aromatic N) is 2. The molecule has 1 rings (SSSR count). The number of carbonyl (C=O) groups excluding carboxylic acids is 1. The number of imidazole rings is 1. The van der Waals surface area contributed by atoms with Crippen LogP contribution < -0.4 is 5.32 Å². The van der Waals surface area contributed by atoms with E-state index in [9.17, 15) is 4.79 Å². The third-order valence-corrected chi connectivity index (χ3v) is 2.67. The summed E-state index contributed by atoms with van der Waals surface area (Å²) in [7, 11) is 1.78. The molecule has 0 saturated heterocycles. The van der Waals surface area contributed by atoms with Gasteiger partial charge < -0.3 is 9.88 Å². The molecule has 0 bridgehead atoms. The van der Waals surface area contributed by atoms with E-state index in [1.54, 1.807) is 24.1 Å². The Kier molecular flexibility index (Phi) is 4.15. The molecule has 0 fully saturated rings. The fraction of sp³-hybridized carbons (Fsp3) is 0.600. The van der Waals surface area contributed by atoms with Crippen LogP contribution in [0, 0.1) is 5.92 Å². The number of hydrogen-bond acceptors (Lipinski definition) is 2. The lowest BCUT2D eigenvalue weighted by atomic mass is 10.1. The van der Waals surface area contributed by atoms with Crippen molar-refractivity contribution < 1.29 is 4.79 Å². The highest BCUT2D eigenvalue weighted by molar-refractivity contribution is 6.18. The third kappa shape index (κ3) is 2.96. The van der Waals surface area contributed by atoms with Crippen LogP contribution in [-0.4, -0.2) is 27.4 Å². The number of amides is 1. The topological polar surface area (TPSA) is 46.9 Å². The van der Waals surface area contributed by atoms with Gasteiger partial charge in [-0.05, 0) is 5.92 Å². The molecule has 4 nitrogen and oxygen atoms in total. The Morgan fingerprint density at radius 3 is 2.73 bits per heavy atom. The fourth-order valence-corrected chi connectivity index (χ4v) is 1.64. The molecule has 1 amide bonds. The fourth-order valence-electron chi connectivity index (χ4n) is 1.20. The van der Waals surface area contributed by atoms with E-state index < -0.39 is 0 Å². The lowest BCUT2D eigenvalue weighted by Crippen LogP contribution is -2.40. The molecule has 5 heteroatoms. The lowest BCUT2D eigenvalue weighted by molar-refractivity contribution is 0.0923. The molecular formula is C10H16ClN3O. The maximum atomic E-state index is 11.8. The van der Waals surface area contributed by atoms with Crippen molar-refractivity contribution in [2.75, 3.05) is 5.88 Å². The number of alkyl halides is 1. The van der Waals surface area contributed by atoms with Crippen molar-refractivity contribution in [1.82, 2.24) is 14.9 Å². The van der Waals surface area contributed by atoms with Crippen LogP contribution in [0.5, 0.6) is 0 Å². The van der Waals surface area contributed by atoms with Gasteiger partial charge in [0.05, 0.1) is 12.5 Å². The van der Waals surface area contributed by atoms with Crippen LogP contribution in [0.1, 0.15) is 24.3 Å². The first-order valence-corrected chi connectivity index (χ1v) is 5.42. The second kappa shape index (κ2) is 5.16. The van der Waals surface area contributed by atoms with Gasteiger partial charge in [-0.1, -0.05) is 13.8 Å². The van der Waals surface area contributed by atoms with Crippen molar-refractivity contribution in [1.29, 1.82) is 0 Å². The van der Waals surface area contributed by atoms with Gasteiger partial charge in [-0.25, -0.2) is 4.98 Å². The van der Waals surface area contributed by atoms with E-state index >= 15 is 0 Å². The predicted molar refractivity (Wildman–Crippen MR) is 60.0 cm³/mol. The highest BCUT2D eigenvalue weighted by Gasteiger charge is 2.17. The first-order valence-electron chi connectivity index (χ1n) is 4.89. The molecule has 1 unspecified atom stereocenters. The molecular weight excluding hydrogens is 214 g/mol. The number of rotatable bonds is 4. The minimum Gasteiger partial charge on any atom is -0.347 e. The summed E-state index contributed by atoms with van der Waals surface area (Å²) >= 11 is 5.77. The van der Waals surface area contributed by atoms with Crippen molar-refractivity contribution in [3.63, 3.8) is 0 Å². The van der Waals surface area contributed by atoms with Crippen LogP contribution in [0.15, 0.2) is 12.5 Å². The maximum Gasteiger partial charge on any atom is 0.269 e. The molecule has 0 spiro atoms. The molecule has 0 aliphatic carbocycles. The van der Waals surface area contributed by atoms with Crippen molar-refractivity contribution in [3.8, 4) is 0 Å². The largest absolute Gasteiger partial charge is 0.347 e. The molecule has 0 radical (unpaired) electrons. The van der Waals surface area contributed by atoms with E-state index in [1.165, 1.54) is 0 Å². The normalized spacial score (nSPS) is 12.9. The Morgan fingerprint density at radius 1 is 1.67 bits per heavy atom. The summed E-state index contributed by atoms with van der Waals surface area (Å²) in [5, 5.41) is 2.88. The third-order valence-electron chi connectivity index (χ3n) is 2.34. The monoisotopic (exact) mass is 229 g/mol. The Labute approximate surface area is 94.6 Å². The molecule has 0 aliphatic rings. The van der Waals surface area contributed by atoms with Gasteiger partial charge >= 0.3 is 0 Å². The zero-order valence-electron chi connectivity index (χ0n) is 9.20. The van der Waals surface area contributed by atoms with Gasteiger partial charge in [0.1, 0.15) is 5.69 Å². The summed E-state index contributed by atoms with van der Waals surface area (Å²) in [5.74, 6) is 0.607. The van der Waals surface area contributed by atoms with Crippen LogP contribution in [0.4, 0.5) is 0 Å². The van der Waals surface area contributed by atoms with Gasteiger partial charge in [-0.2, -0.15) is 0 Å². The van der Waals surface area contributed by atoms with Crippen LogP contribution in [-0.2, 0) is 7.05 Å². The molecule has 1 aromatic heterocycles. The van der Waals surface area contributed by atoms with Crippen LogP contribution in [0.25, 0.3) is 0 Å². The number of aromatic nitrogens is 2. The number of aryl methyl sites for hydroxylation is 1. The molecule has 0 aromatic carbocycles. The average molecular weight is 230 g/mol. The van der Waals surface area contributed by atoms with E-state index in [1.807, 2.05) is 13.8 Å². The van der Waals surface area contributed by atoms with Gasteiger partial charge in [0.15, 0.2) is 0 Å². The standard InChI is InChI=1S/C10H16ClN3O/c1-7(2)8(4-11)13-10(15)9-5-12-6-14(9)3/h5-8H,4H2,1-3H3,(H,13,15).